The van der Waals surface area contributed by atoms with Crippen molar-refractivity contribution < 1.29 is 5.11 Å². The van der Waals surface area contributed by atoms with E-state index in [0.717, 1.165) is 12.1 Å². The third-order valence-electron chi connectivity index (χ3n) is 4.00. The first-order valence-electron chi connectivity index (χ1n) is 7.75. The van der Waals surface area contributed by atoms with E-state index in [2.05, 4.69) is 73.7 Å². The predicted octanol–water partition coefficient (Wildman–Crippen LogP) is 2.96. The summed E-state index contributed by atoms with van der Waals surface area (Å²) in [7, 11) is 4.23. The van der Waals surface area contributed by atoms with E-state index in [1.54, 1.807) is 0 Å². The summed E-state index contributed by atoms with van der Waals surface area (Å²) in [6.07, 6.45) is 0. The summed E-state index contributed by atoms with van der Waals surface area (Å²) in [5.41, 5.74) is 3.50. The third-order valence-corrected chi connectivity index (χ3v) is 4.00. The van der Waals surface area contributed by atoms with Crippen LogP contribution in [0.25, 0.3) is 0 Å². The molecule has 0 heterocycles. The Morgan fingerprint density at radius 2 is 1.55 bits per heavy atom. The van der Waals surface area contributed by atoms with E-state index < -0.39 is 0 Å². The zero-order valence-corrected chi connectivity index (χ0v) is 13.7. The second kappa shape index (κ2) is 8.08. The number of hydrogen-bond acceptors (Lipinski definition) is 3. The molecule has 0 saturated heterocycles. The lowest BCUT2D eigenvalue weighted by Crippen LogP contribution is -2.38. The molecule has 0 fully saturated rings. The molecule has 2 unspecified atom stereocenters. The molecule has 2 aromatic carbocycles. The lowest BCUT2D eigenvalue weighted by atomic mass is 9.99. The van der Waals surface area contributed by atoms with Gasteiger partial charge in [0.2, 0.25) is 0 Å². The van der Waals surface area contributed by atoms with E-state index in [1.807, 2.05) is 12.1 Å². The van der Waals surface area contributed by atoms with Gasteiger partial charge in [0.05, 0.1) is 6.61 Å². The fourth-order valence-corrected chi connectivity index (χ4v) is 2.84. The SMILES string of the molecule is CC(NCc1ccc(CO)cc1)C(c1ccccc1)N(C)C. The van der Waals surface area contributed by atoms with E-state index in [9.17, 15) is 0 Å². The summed E-state index contributed by atoms with van der Waals surface area (Å²) in [6, 6.07) is 19.3. The number of likely N-dealkylation sites (N-methyl/N-ethyl adjacent to an activating group) is 1. The number of nitrogens with one attached hydrogen (secondary N) is 1. The van der Waals surface area contributed by atoms with E-state index in [1.165, 1.54) is 11.1 Å². The first-order chi connectivity index (χ1) is 10.6. The van der Waals surface area contributed by atoms with Gasteiger partial charge in [-0.1, -0.05) is 54.6 Å². The average Bonchev–Trinajstić information content (AvgIpc) is 2.54. The summed E-state index contributed by atoms with van der Waals surface area (Å²) in [5, 5.41) is 12.7. The molecule has 0 radical (unpaired) electrons. The maximum absolute atomic E-state index is 9.09. The number of nitrogens with zero attached hydrogens (tertiary/aromatic N) is 1. The molecule has 3 nitrogen and oxygen atoms in total. The monoisotopic (exact) mass is 298 g/mol. The Balaban J connectivity index is 2.00. The Morgan fingerprint density at radius 3 is 2.09 bits per heavy atom. The van der Waals surface area contributed by atoms with Crippen molar-refractivity contribution in [2.45, 2.75) is 32.2 Å². The smallest absolute Gasteiger partial charge is 0.0681 e. The second-order valence-corrected chi connectivity index (χ2v) is 5.96. The van der Waals surface area contributed by atoms with Gasteiger partial charge in [-0.2, -0.15) is 0 Å². The van der Waals surface area contributed by atoms with Crippen LogP contribution in [0.1, 0.15) is 29.7 Å². The third kappa shape index (κ3) is 4.41. The van der Waals surface area contributed by atoms with E-state index >= 15 is 0 Å². The van der Waals surface area contributed by atoms with E-state index in [4.69, 9.17) is 5.11 Å². The molecule has 0 amide bonds. The zero-order valence-electron chi connectivity index (χ0n) is 13.7. The lowest BCUT2D eigenvalue weighted by molar-refractivity contribution is 0.239. The fourth-order valence-electron chi connectivity index (χ4n) is 2.84. The number of rotatable bonds is 7. The van der Waals surface area contributed by atoms with Gasteiger partial charge in [-0.05, 0) is 37.7 Å². The molecule has 3 heteroatoms. The van der Waals surface area contributed by atoms with Crippen LogP contribution in [0, 0.1) is 0 Å². The highest BCUT2D eigenvalue weighted by Gasteiger charge is 2.20. The van der Waals surface area contributed by atoms with Gasteiger partial charge in [-0.15, -0.1) is 0 Å². The first kappa shape index (κ1) is 16.7. The van der Waals surface area contributed by atoms with Crippen LogP contribution in [0.4, 0.5) is 0 Å². The summed E-state index contributed by atoms with van der Waals surface area (Å²) in [5.74, 6) is 0. The van der Waals surface area contributed by atoms with Gasteiger partial charge in [0, 0.05) is 18.6 Å². The molecule has 0 spiro atoms. The highest BCUT2D eigenvalue weighted by molar-refractivity contribution is 5.23. The van der Waals surface area contributed by atoms with Crippen LogP contribution in [-0.4, -0.2) is 30.1 Å². The largest absolute Gasteiger partial charge is 0.392 e. The molecule has 0 aromatic heterocycles. The first-order valence-corrected chi connectivity index (χ1v) is 7.75. The molecule has 0 aliphatic heterocycles. The molecule has 118 valence electrons. The van der Waals surface area contributed by atoms with Crippen molar-refractivity contribution >= 4 is 0 Å². The van der Waals surface area contributed by atoms with Gasteiger partial charge in [0.25, 0.3) is 0 Å². The molecule has 2 aromatic rings. The number of benzene rings is 2. The molecule has 0 aliphatic carbocycles. The van der Waals surface area contributed by atoms with Gasteiger partial charge in [-0.25, -0.2) is 0 Å². The molecule has 22 heavy (non-hydrogen) atoms. The highest BCUT2D eigenvalue weighted by Crippen LogP contribution is 2.22. The highest BCUT2D eigenvalue weighted by atomic mass is 16.3. The minimum absolute atomic E-state index is 0.0980. The molecule has 2 N–H and O–H groups in total. The van der Waals surface area contributed by atoms with Gasteiger partial charge in [0.15, 0.2) is 0 Å². The summed E-state index contributed by atoms with van der Waals surface area (Å²) in [6.45, 7) is 3.14. The normalized spacial score (nSPS) is 14.0. The van der Waals surface area contributed by atoms with Crippen LogP contribution in [0.2, 0.25) is 0 Å². The molecular weight excluding hydrogens is 272 g/mol. The molecule has 0 bridgehead atoms. The quantitative estimate of drug-likeness (QED) is 0.825. The van der Waals surface area contributed by atoms with Gasteiger partial charge in [-0.3, -0.25) is 0 Å². The van der Waals surface area contributed by atoms with E-state index in [-0.39, 0.29) is 6.61 Å². The van der Waals surface area contributed by atoms with Gasteiger partial charge < -0.3 is 15.3 Å². The number of aliphatic hydroxyl groups is 1. The molecule has 0 saturated carbocycles. The van der Waals surface area contributed by atoms with E-state index in [0.29, 0.717) is 12.1 Å². The summed E-state index contributed by atoms with van der Waals surface area (Å²) >= 11 is 0. The van der Waals surface area contributed by atoms with Gasteiger partial charge in [0.1, 0.15) is 0 Å². The van der Waals surface area contributed by atoms with Crippen LogP contribution in [0.3, 0.4) is 0 Å². The van der Waals surface area contributed by atoms with Crippen LogP contribution < -0.4 is 5.32 Å². The van der Waals surface area contributed by atoms with Crippen LogP contribution in [-0.2, 0) is 13.2 Å². The Bertz CT molecular complexity index is 551. The molecular formula is C19H26N2O. The summed E-state index contributed by atoms with van der Waals surface area (Å²) < 4.78 is 0. The lowest BCUT2D eigenvalue weighted by Gasteiger charge is -2.31. The second-order valence-electron chi connectivity index (χ2n) is 5.96. The Labute approximate surface area is 133 Å². The summed E-state index contributed by atoms with van der Waals surface area (Å²) in [4.78, 5) is 2.25. The molecule has 2 atom stereocenters. The maximum atomic E-state index is 9.09. The van der Waals surface area contributed by atoms with Crippen LogP contribution in [0.5, 0.6) is 0 Å². The Hall–Kier alpha value is -1.68. The zero-order chi connectivity index (χ0) is 15.9. The van der Waals surface area contributed by atoms with Crippen LogP contribution in [0.15, 0.2) is 54.6 Å². The van der Waals surface area contributed by atoms with Crippen molar-refractivity contribution in [1.29, 1.82) is 0 Å². The molecule has 0 aliphatic rings. The van der Waals surface area contributed by atoms with Crippen molar-refractivity contribution in [2.75, 3.05) is 14.1 Å². The fraction of sp³-hybridized carbons (Fsp3) is 0.368. The molecule has 2 rings (SSSR count). The van der Waals surface area contributed by atoms with Crippen molar-refractivity contribution in [1.82, 2.24) is 10.2 Å². The number of hydrogen-bond donors (Lipinski definition) is 2. The van der Waals surface area contributed by atoms with Crippen molar-refractivity contribution in [2.24, 2.45) is 0 Å². The van der Waals surface area contributed by atoms with Crippen molar-refractivity contribution in [3.05, 3.63) is 71.3 Å². The minimum atomic E-state index is 0.0980. The predicted molar refractivity (Wildman–Crippen MR) is 91.5 cm³/mol. The maximum Gasteiger partial charge on any atom is 0.0681 e. The standard InChI is InChI=1S/C19H26N2O/c1-15(19(21(2)3)18-7-5-4-6-8-18)20-13-16-9-11-17(14-22)12-10-16/h4-12,15,19-20,22H,13-14H2,1-3H3. The average molecular weight is 298 g/mol. The van der Waals surface area contributed by atoms with Gasteiger partial charge >= 0.3 is 0 Å². The van der Waals surface area contributed by atoms with Crippen molar-refractivity contribution in [3.63, 3.8) is 0 Å². The topological polar surface area (TPSA) is 35.5 Å². The minimum Gasteiger partial charge on any atom is -0.392 e. The number of aliphatic hydroxyl groups excluding tert-OH is 1. The Kier molecular flexibility index (Phi) is 6.13. The van der Waals surface area contributed by atoms with Crippen LogP contribution >= 0.6 is 0 Å². The van der Waals surface area contributed by atoms with Crippen molar-refractivity contribution in [3.8, 4) is 0 Å². The Morgan fingerprint density at radius 1 is 0.955 bits per heavy atom.